The third-order valence-corrected chi connectivity index (χ3v) is 5.09. The average Bonchev–Trinajstić information content (AvgIpc) is 3.20. The van der Waals surface area contributed by atoms with Gasteiger partial charge in [0.05, 0.1) is 5.56 Å². The second-order valence-corrected chi connectivity index (χ2v) is 7.52. The molecule has 152 valence electrons. The van der Waals surface area contributed by atoms with Gasteiger partial charge in [0.25, 0.3) is 5.56 Å². The molecule has 7 heteroatoms. The maximum atomic E-state index is 13.1. The Morgan fingerprint density at radius 1 is 1.13 bits per heavy atom. The molecule has 4 aromatic rings. The summed E-state index contributed by atoms with van der Waals surface area (Å²) >= 11 is 6.27. The van der Waals surface area contributed by atoms with E-state index in [2.05, 4.69) is 15.1 Å². The summed E-state index contributed by atoms with van der Waals surface area (Å²) in [7, 11) is 3.85. The molecule has 6 nitrogen and oxygen atoms in total. The van der Waals surface area contributed by atoms with E-state index in [4.69, 9.17) is 16.1 Å². The molecule has 0 saturated carbocycles. The van der Waals surface area contributed by atoms with Gasteiger partial charge in [0.15, 0.2) is 11.6 Å². The van der Waals surface area contributed by atoms with Crippen molar-refractivity contribution in [2.45, 2.75) is 13.3 Å². The van der Waals surface area contributed by atoms with Crippen LogP contribution in [0.1, 0.15) is 13.3 Å². The zero-order chi connectivity index (χ0) is 21.3. The van der Waals surface area contributed by atoms with Gasteiger partial charge >= 0.3 is 0 Å². The van der Waals surface area contributed by atoms with Crippen molar-refractivity contribution in [1.29, 1.82) is 0 Å². The molecular weight excluding hydrogens is 400 g/mol. The molecule has 0 unspecified atom stereocenters. The maximum Gasteiger partial charge on any atom is 0.260 e. The van der Waals surface area contributed by atoms with Crippen molar-refractivity contribution < 1.29 is 4.52 Å². The van der Waals surface area contributed by atoms with E-state index in [1.165, 1.54) is 0 Å². The number of halogens is 1. The largest absolute Gasteiger partial charge is 0.366 e. The molecule has 0 spiro atoms. The van der Waals surface area contributed by atoms with Crippen molar-refractivity contribution in [2.75, 3.05) is 14.1 Å². The van der Waals surface area contributed by atoms with Gasteiger partial charge in [-0.05, 0) is 23.8 Å². The van der Waals surface area contributed by atoms with Gasteiger partial charge in [-0.1, -0.05) is 54.0 Å². The van der Waals surface area contributed by atoms with Crippen molar-refractivity contribution in [3.8, 4) is 22.5 Å². The van der Waals surface area contributed by atoms with E-state index in [0.29, 0.717) is 27.7 Å². The molecular formula is C23H21ClN4O2. The maximum absolute atomic E-state index is 13.1. The Hall–Kier alpha value is -3.38. The van der Waals surface area contributed by atoms with Crippen molar-refractivity contribution in [2.24, 2.45) is 4.99 Å². The van der Waals surface area contributed by atoms with E-state index in [1.807, 2.05) is 62.3 Å². The van der Waals surface area contributed by atoms with Gasteiger partial charge in [-0.25, -0.2) is 4.99 Å². The Morgan fingerprint density at radius 2 is 1.90 bits per heavy atom. The molecule has 0 aliphatic rings. The van der Waals surface area contributed by atoms with Crippen LogP contribution in [0.4, 0.5) is 5.82 Å². The topological polar surface area (TPSA) is 74.5 Å². The number of benzene rings is 2. The van der Waals surface area contributed by atoms with Crippen LogP contribution in [0, 0.1) is 0 Å². The number of nitrogens with one attached hydrogen (secondary N) is 1. The quantitative estimate of drug-likeness (QED) is 0.349. The summed E-state index contributed by atoms with van der Waals surface area (Å²) < 4.78 is 5.57. The number of hydrogen-bond acceptors (Lipinski definition) is 4. The van der Waals surface area contributed by atoms with Crippen LogP contribution in [-0.2, 0) is 0 Å². The second kappa shape index (κ2) is 8.16. The molecule has 2 heterocycles. The molecule has 0 atom stereocenters. The van der Waals surface area contributed by atoms with Crippen LogP contribution in [0.3, 0.4) is 0 Å². The van der Waals surface area contributed by atoms with Crippen molar-refractivity contribution in [3.63, 3.8) is 0 Å². The number of aromatic amines is 1. The number of hydrogen-bond donors (Lipinski definition) is 1. The first-order valence-electron chi connectivity index (χ1n) is 9.61. The van der Waals surface area contributed by atoms with Gasteiger partial charge in [-0.2, -0.15) is 0 Å². The summed E-state index contributed by atoms with van der Waals surface area (Å²) in [5.41, 5.74) is 2.46. The minimum atomic E-state index is -0.265. The molecule has 4 rings (SSSR count). The van der Waals surface area contributed by atoms with E-state index in [9.17, 15) is 4.79 Å². The van der Waals surface area contributed by atoms with E-state index >= 15 is 0 Å². The Balaban J connectivity index is 1.98. The molecule has 0 radical (unpaired) electrons. The van der Waals surface area contributed by atoms with Crippen LogP contribution in [-0.4, -0.2) is 35.0 Å². The number of aromatic nitrogens is 2. The number of H-pyrrole nitrogens is 1. The number of fused-ring (bicyclic) bond motifs is 1. The van der Waals surface area contributed by atoms with Crippen LogP contribution < -0.4 is 5.56 Å². The first-order chi connectivity index (χ1) is 14.5. The smallest absolute Gasteiger partial charge is 0.260 e. The lowest BCUT2D eigenvalue weighted by Crippen LogP contribution is -2.20. The minimum Gasteiger partial charge on any atom is -0.366 e. The van der Waals surface area contributed by atoms with Crippen molar-refractivity contribution in [3.05, 3.63) is 70.0 Å². The van der Waals surface area contributed by atoms with Crippen molar-refractivity contribution >= 4 is 34.2 Å². The van der Waals surface area contributed by atoms with E-state index < -0.39 is 0 Å². The SMILES string of the molecule is CC/C(=N/c1cc(-c2c(-c3ccccc3)c3cc(Cl)ccc3[nH]c2=O)on1)N(C)C. The highest BCUT2D eigenvalue weighted by molar-refractivity contribution is 6.31. The molecule has 0 aliphatic heterocycles. The van der Waals surface area contributed by atoms with Crippen molar-refractivity contribution in [1.82, 2.24) is 15.0 Å². The third-order valence-electron chi connectivity index (χ3n) is 4.86. The lowest BCUT2D eigenvalue weighted by Gasteiger charge is -2.12. The molecule has 0 amide bonds. The number of rotatable bonds is 4. The predicted octanol–water partition coefficient (Wildman–Crippen LogP) is 5.51. The Bertz CT molecular complexity index is 1290. The molecule has 30 heavy (non-hydrogen) atoms. The molecule has 0 saturated heterocycles. The second-order valence-electron chi connectivity index (χ2n) is 7.09. The molecule has 0 fully saturated rings. The molecule has 0 aliphatic carbocycles. The first-order valence-corrected chi connectivity index (χ1v) is 9.98. The summed E-state index contributed by atoms with van der Waals surface area (Å²) in [5, 5.41) is 5.48. The summed E-state index contributed by atoms with van der Waals surface area (Å²) in [5.74, 6) is 1.63. The van der Waals surface area contributed by atoms with Gasteiger partial charge in [-0.3, -0.25) is 4.79 Å². The highest BCUT2D eigenvalue weighted by atomic mass is 35.5. The predicted molar refractivity (Wildman–Crippen MR) is 122 cm³/mol. The summed E-state index contributed by atoms with van der Waals surface area (Å²) in [6.45, 7) is 2.02. The molecule has 0 bridgehead atoms. The number of nitrogens with zero attached hydrogens (tertiary/aromatic N) is 3. The summed E-state index contributed by atoms with van der Waals surface area (Å²) in [4.78, 5) is 22.5. The zero-order valence-corrected chi connectivity index (χ0v) is 17.7. The van der Waals surface area contributed by atoms with Gasteiger partial charge in [-0.15, -0.1) is 0 Å². The summed E-state index contributed by atoms with van der Waals surface area (Å²) in [6.07, 6.45) is 0.750. The van der Waals surface area contributed by atoms with Gasteiger partial charge < -0.3 is 14.4 Å². The number of aliphatic imine (C=N–C) groups is 1. The summed E-state index contributed by atoms with van der Waals surface area (Å²) in [6, 6.07) is 16.8. The van der Waals surface area contributed by atoms with E-state index in [1.54, 1.807) is 18.2 Å². The molecule has 2 aromatic carbocycles. The third kappa shape index (κ3) is 3.74. The van der Waals surface area contributed by atoms with Crippen LogP contribution >= 0.6 is 11.6 Å². The molecule has 1 N–H and O–H groups in total. The first kappa shape index (κ1) is 19.9. The van der Waals surface area contributed by atoms with Gasteiger partial charge in [0, 0.05) is 48.1 Å². The number of pyridine rings is 1. The fourth-order valence-corrected chi connectivity index (χ4v) is 3.64. The Morgan fingerprint density at radius 3 is 2.60 bits per heavy atom. The minimum absolute atomic E-state index is 0.265. The van der Waals surface area contributed by atoms with Crippen LogP contribution in [0.5, 0.6) is 0 Å². The van der Waals surface area contributed by atoms with E-state index in [-0.39, 0.29) is 5.56 Å². The highest BCUT2D eigenvalue weighted by Crippen LogP contribution is 2.37. The van der Waals surface area contributed by atoms with Gasteiger partial charge in [0.1, 0.15) is 5.84 Å². The zero-order valence-electron chi connectivity index (χ0n) is 16.9. The number of amidine groups is 1. The van der Waals surface area contributed by atoms with Crippen LogP contribution in [0.15, 0.2) is 68.9 Å². The fraction of sp³-hybridized carbons (Fsp3) is 0.174. The van der Waals surface area contributed by atoms with Gasteiger partial charge in [0.2, 0.25) is 0 Å². The Labute approximate surface area is 178 Å². The van der Waals surface area contributed by atoms with Crippen LogP contribution in [0.2, 0.25) is 5.02 Å². The molecule has 2 aromatic heterocycles. The highest BCUT2D eigenvalue weighted by Gasteiger charge is 2.20. The normalized spacial score (nSPS) is 11.8. The van der Waals surface area contributed by atoms with Crippen LogP contribution in [0.25, 0.3) is 33.4 Å². The monoisotopic (exact) mass is 420 g/mol. The lowest BCUT2D eigenvalue weighted by atomic mass is 9.95. The van der Waals surface area contributed by atoms with E-state index in [0.717, 1.165) is 28.8 Å². The average molecular weight is 421 g/mol. The Kier molecular flexibility index (Phi) is 5.42. The standard InChI is InChI=1S/C23H21ClN4O2/c1-4-20(28(2)3)26-19-13-18(30-27-19)22-21(14-8-6-5-7-9-14)16-12-15(24)10-11-17(16)25-23(22)29/h5-13H,4H2,1-3H3,(H,25,29)/b26-20-. The fourth-order valence-electron chi connectivity index (χ4n) is 3.47. The lowest BCUT2D eigenvalue weighted by molar-refractivity contribution is 0.434.